The van der Waals surface area contributed by atoms with E-state index in [-0.39, 0.29) is 11.9 Å². The molecule has 0 bridgehead atoms. The molecule has 8 heteroatoms. The van der Waals surface area contributed by atoms with E-state index in [0.717, 1.165) is 0 Å². The highest BCUT2D eigenvalue weighted by Crippen LogP contribution is 2.39. The maximum atomic E-state index is 12.6. The second-order valence-electron chi connectivity index (χ2n) is 6.46. The van der Waals surface area contributed by atoms with Gasteiger partial charge in [-0.15, -0.1) is 0 Å². The Morgan fingerprint density at radius 1 is 1.04 bits per heavy atom. The van der Waals surface area contributed by atoms with Gasteiger partial charge < -0.3 is 9.47 Å². The quantitative estimate of drug-likeness (QED) is 0.763. The van der Waals surface area contributed by atoms with Crippen molar-refractivity contribution in [2.75, 3.05) is 5.32 Å². The van der Waals surface area contributed by atoms with Gasteiger partial charge in [0.1, 0.15) is 11.5 Å². The van der Waals surface area contributed by atoms with Crippen LogP contribution < -0.4 is 14.8 Å². The van der Waals surface area contributed by atoms with Crippen LogP contribution in [-0.2, 0) is 0 Å². The number of aromatic nitrogens is 4. The number of carbonyl (C=O) groups is 1. The number of carbonyl (C=O) groups excluding carboxylic acids is 1. The van der Waals surface area contributed by atoms with Gasteiger partial charge in [-0.1, -0.05) is 6.07 Å². The van der Waals surface area contributed by atoms with Gasteiger partial charge in [0.25, 0.3) is 5.91 Å². The summed E-state index contributed by atoms with van der Waals surface area (Å²) in [6, 6.07) is 10.4. The van der Waals surface area contributed by atoms with Crippen LogP contribution in [0.5, 0.6) is 11.5 Å². The predicted octanol–water partition coefficient (Wildman–Crippen LogP) is 3.00. The van der Waals surface area contributed by atoms with Gasteiger partial charge in [0, 0.05) is 25.6 Å². The molecule has 1 aliphatic rings. The van der Waals surface area contributed by atoms with Gasteiger partial charge in [-0.3, -0.25) is 15.1 Å². The summed E-state index contributed by atoms with van der Waals surface area (Å²) in [7, 11) is 0. The van der Waals surface area contributed by atoms with Crippen LogP contribution >= 0.6 is 0 Å². The fourth-order valence-electron chi connectivity index (χ4n) is 2.68. The molecule has 0 saturated carbocycles. The molecule has 0 radical (unpaired) electrons. The van der Waals surface area contributed by atoms with Gasteiger partial charge in [-0.05, 0) is 37.3 Å². The third kappa shape index (κ3) is 3.55. The number of benzene rings is 1. The first kappa shape index (κ1) is 16.9. The summed E-state index contributed by atoms with van der Waals surface area (Å²) in [5, 5.41) is 2.70. The van der Waals surface area contributed by atoms with E-state index in [2.05, 4.69) is 25.3 Å². The zero-order valence-corrected chi connectivity index (χ0v) is 15.1. The summed E-state index contributed by atoms with van der Waals surface area (Å²) >= 11 is 0. The molecule has 0 saturated heterocycles. The van der Waals surface area contributed by atoms with Gasteiger partial charge in [-0.2, -0.15) is 9.97 Å². The van der Waals surface area contributed by atoms with Crippen LogP contribution in [0.2, 0.25) is 0 Å². The fourth-order valence-corrected chi connectivity index (χ4v) is 2.68. The first-order chi connectivity index (χ1) is 12.9. The molecule has 0 fully saturated rings. The summed E-state index contributed by atoms with van der Waals surface area (Å²) in [6.45, 7) is 5.34. The lowest BCUT2D eigenvalue weighted by atomic mass is 10.2. The van der Waals surface area contributed by atoms with Gasteiger partial charge in [0.15, 0.2) is 17.3 Å². The Balaban J connectivity index is 1.58. The lowest BCUT2D eigenvalue weighted by Gasteiger charge is -2.16. The number of hydrogen-bond donors (Lipinski definition) is 1. The summed E-state index contributed by atoms with van der Waals surface area (Å²) in [5.41, 5.74) is 1.01. The van der Waals surface area contributed by atoms with Gasteiger partial charge in [0.2, 0.25) is 11.7 Å². The van der Waals surface area contributed by atoms with Crippen molar-refractivity contribution in [3.8, 4) is 23.0 Å². The lowest BCUT2D eigenvalue weighted by molar-refractivity contribution is -0.0431. The monoisotopic (exact) mass is 363 g/mol. The van der Waals surface area contributed by atoms with Crippen LogP contribution in [0.3, 0.4) is 0 Å². The highest BCUT2D eigenvalue weighted by atomic mass is 16.7. The molecule has 0 aliphatic carbocycles. The van der Waals surface area contributed by atoms with E-state index >= 15 is 0 Å². The molecule has 136 valence electrons. The fraction of sp³-hybridized carbons (Fsp3) is 0.211. The number of nitrogens with zero attached hydrogens (tertiary/aromatic N) is 4. The molecule has 1 aliphatic heterocycles. The second kappa shape index (κ2) is 6.31. The van der Waals surface area contributed by atoms with Crippen LogP contribution in [0.25, 0.3) is 11.5 Å². The van der Waals surface area contributed by atoms with E-state index in [0.29, 0.717) is 34.4 Å². The molecule has 0 unspecified atom stereocenters. The average Bonchev–Trinajstić information content (AvgIpc) is 2.94. The number of amides is 1. The van der Waals surface area contributed by atoms with Crippen molar-refractivity contribution in [2.24, 2.45) is 0 Å². The highest BCUT2D eigenvalue weighted by molar-refractivity contribution is 6.03. The number of fused-ring (bicyclic) bond motifs is 1. The summed E-state index contributed by atoms with van der Waals surface area (Å²) in [6.07, 6.45) is 1.65. The van der Waals surface area contributed by atoms with Crippen LogP contribution in [0.1, 0.15) is 30.0 Å². The van der Waals surface area contributed by atoms with Crippen molar-refractivity contribution in [3.63, 3.8) is 0 Å². The standard InChI is InChI=1S/C19H17N5O3/c1-11-21-16(13-6-4-5-9-20-13)23-18(22-11)24-17(25)12-7-8-14-15(10-12)27-19(2,3)26-14/h4-10H,1-3H3,(H,21,22,23,24,25). The average molecular weight is 363 g/mol. The Hall–Kier alpha value is -3.55. The zero-order valence-electron chi connectivity index (χ0n) is 15.1. The molecular formula is C19H17N5O3. The maximum Gasteiger partial charge on any atom is 0.258 e. The molecule has 1 amide bonds. The maximum absolute atomic E-state index is 12.6. The second-order valence-corrected chi connectivity index (χ2v) is 6.46. The van der Waals surface area contributed by atoms with Crippen LogP contribution in [0.4, 0.5) is 5.95 Å². The third-order valence-electron chi connectivity index (χ3n) is 3.78. The summed E-state index contributed by atoms with van der Waals surface area (Å²) in [5.74, 6) is 1.05. The molecule has 4 rings (SSSR count). The summed E-state index contributed by atoms with van der Waals surface area (Å²) in [4.78, 5) is 29.6. The largest absolute Gasteiger partial charge is 0.449 e. The minimum atomic E-state index is -0.750. The Bertz CT molecular complexity index is 1020. The topological polar surface area (TPSA) is 99.1 Å². The van der Waals surface area contributed by atoms with Crippen molar-refractivity contribution in [3.05, 3.63) is 54.0 Å². The SMILES string of the molecule is Cc1nc(NC(=O)c2ccc3c(c2)OC(C)(C)O3)nc(-c2ccccn2)n1. The molecule has 3 heterocycles. The van der Waals surface area contributed by atoms with E-state index in [1.54, 1.807) is 57.3 Å². The molecular weight excluding hydrogens is 346 g/mol. The van der Waals surface area contributed by atoms with E-state index in [1.807, 2.05) is 6.07 Å². The number of rotatable bonds is 3. The summed E-state index contributed by atoms with van der Waals surface area (Å²) < 4.78 is 11.3. The number of nitrogens with one attached hydrogen (secondary N) is 1. The molecule has 1 aromatic carbocycles. The molecule has 8 nitrogen and oxygen atoms in total. The van der Waals surface area contributed by atoms with Crippen molar-refractivity contribution >= 4 is 11.9 Å². The molecule has 3 aromatic rings. The Labute approximate surface area is 155 Å². The first-order valence-electron chi connectivity index (χ1n) is 8.37. The normalized spacial score (nSPS) is 14.0. The number of pyridine rings is 1. The first-order valence-corrected chi connectivity index (χ1v) is 8.37. The molecule has 0 atom stereocenters. The molecule has 2 aromatic heterocycles. The van der Waals surface area contributed by atoms with E-state index in [4.69, 9.17) is 9.47 Å². The number of ether oxygens (including phenoxy) is 2. The molecule has 1 N–H and O–H groups in total. The van der Waals surface area contributed by atoms with Crippen molar-refractivity contribution < 1.29 is 14.3 Å². The van der Waals surface area contributed by atoms with Gasteiger partial charge >= 0.3 is 0 Å². The van der Waals surface area contributed by atoms with Crippen molar-refractivity contribution in [1.29, 1.82) is 0 Å². The molecule has 27 heavy (non-hydrogen) atoms. The molecule has 0 spiro atoms. The highest BCUT2D eigenvalue weighted by Gasteiger charge is 2.32. The van der Waals surface area contributed by atoms with Crippen LogP contribution in [0.15, 0.2) is 42.6 Å². The number of aryl methyl sites for hydroxylation is 1. The Kier molecular flexibility index (Phi) is 3.95. The van der Waals surface area contributed by atoms with Gasteiger partial charge in [-0.25, -0.2) is 4.98 Å². The Morgan fingerprint density at radius 2 is 1.85 bits per heavy atom. The lowest BCUT2D eigenvalue weighted by Crippen LogP contribution is -2.29. The number of anilines is 1. The van der Waals surface area contributed by atoms with Crippen LogP contribution in [-0.4, -0.2) is 31.6 Å². The smallest absolute Gasteiger partial charge is 0.258 e. The Morgan fingerprint density at radius 3 is 2.63 bits per heavy atom. The minimum absolute atomic E-state index is 0.158. The zero-order chi connectivity index (χ0) is 19.0. The minimum Gasteiger partial charge on any atom is -0.449 e. The van der Waals surface area contributed by atoms with Crippen molar-refractivity contribution in [2.45, 2.75) is 26.6 Å². The van der Waals surface area contributed by atoms with E-state index < -0.39 is 5.79 Å². The number of hydrogen-bond acceptors (Lipinski definition) is 7. The van der Waals surface area contributed by atoms with Gasteiger partial charge in [0.05, 0.1) is 0 Å². The van der Waals surface area contributed by atoms with Crippen LogP contribution in [0, 0.1) is 6.92 Å². The van der Waals surface area contributed by atoms with E-state index in [1.165, 1.54) is 0 Å². The van der Waals surface area contributed by atoms with Crippen molar-refractivity contribution in [1.82, 2.24) is 19.9 Å². The third-order valence-corrected chi connectivity index (χ3v) is 3.78. The van der Waals surface area contributed by atoms with E-state index in [9.17, 15) is 4.79 Å². The predicted molar refractivity (Wildman–Crippen MR) is 97.5 cm³/mol.